The number of carbonyl (C=O) groups is 3. The van der Waals surface area contributed by atoms with Crippen LogP contribution in [0.3, 0.4) is 0 Å². The molecule has 1 fully saturated rings. The van der Waals surface area contributed by atoms with Gasteiger partial charge in [0.1, 0.15) is 25.5 Å². The zero-order chi connectivity index (χ0) is 46.6. The lowest BCUT2D eigenvalue weighted by Crippen LogP contribution is -2.37. The molecule has 12 nitrogen and oxygen atoms in total. The Morgan fingerprint density at radius 2 is 1.37 bits per heavy atom. The van der Waals surface area contributed by atoms with E-state index in [-0.39, 0.29) is 44.2 Å². The molecule has 0 amide bonds. The average molecular weight is 904 g/mol. The minimum Gasteiger partial charge on any atom is -0.756 e. The molecule has 0 radical (unpaired) electrons. The Kier molecular flexibility index (Phi) is 33.1. The van der Waals surface area contributed by atoms with E-state index in [9.17, 15) is 34.1 Å². The average Bonchev–Trinajstić information content (AvgIpc) is 3.50. The summed E-state index contributed by atoms with van der Waals surface area (Å²) in [5.41, 5.74) is 0. The summed E-state index contributed by atoms with van der Waals surface area (Å²) in [7, 11) is 0.974. The van der Waals surface area contributed by atoms with Crippen LogP contribution in [0.5, 0.6) is 0 Å². The number of likely N-dealkylation sites (N-methyl/N-ethyl adjacent to an activating group) is 1. The van der Waals surface area contributed by atoms with Crippen molar-refractivity contribution in [2.24, 2.45) is 11.8 Å². The predicted octanol–water partition coefficient (Wildman–Crippen LogP) is 9.53. The summed E-state index contributed by atoms with van der Waals surface area (Å²) in [4.78, 5) is 50.3. The van der Waals surface area contributed by atoms with E-state index in [1.54, 1.807) is 12.2 Å². The number of phosphoric ester groups is 1. The normalized spacial score (nSPS) is 19.6. The molecule has 0 aromatic rings. The van der Waals surface area contributed by atoms with E-state index in [1.807, 2.05) is 33.3 Å². The molecule has 1 aliphatic carbocycles. The van der Waals surface area contributed by atoms with Crippen molar-refractivity contribution in [1.82, 2.24) is 0 Å². The number of carbonyl (C=O) groups excluding carboxylic acids is 3. The van der Waals surface area contributed by atoms with Crippen LogP contribution in [0.15, 0.2) is 85.1 Å². The number of hydrogen-bond acceptors (Lipinski definition) is 11. The van der Waals surface area contributed by atoms with Gasteiger partial charge in [-0.15, -0.1) is 0 Å². The fourth-order valence-corrected chi connectivity index (χ4v) is 7.37. The first kappa shape index (κ1) is 57.8. The maximum atomic E-state index is 12.7. The summed E-state index contributed by atoms with van der Waals surface area (Å²) < 4.78 is 33.8. The van der Waals surface area contributed by atoms with Crippen molar-refractivity contribution < 1.29 is 57.1 Å². The lowest BCUT2D eigenvalue weighted by molar-refractivity contribution is -0.870. The summed E-state index contributed by atoms with van der Waals surface area (Å²) in [5, 5.41) is 20.8. The van der Waals surface area contributed by atoms with Crippen molar-refractivity contribution >= 4 is 25.5 Å². The highest BCUT2D eigenvalue weighted by atomic mass is 31.2. The molecule has 0 aliphatic heterocycles. The number of phosphoric acid groups is 1. The van der Waals surface area contributed by atoms with Gasteiger partial charge in [0.05, 0.1) is 40.0 Å². The van der Waals surface area contributed by atoms with E-state index in [0.29, 0.717) is 36.7 Å². The lowest BCUT2D eigenvalue weighted by Gasteiger charge is -2.28. The van der Waals surface area contributed by atoms with Gasteiger partial charge in [0.2, 0.25) is 0 Å². The molecule has 358 valence electrons. The smallest absolute Gasteiger partial charge is 0.306 e. The van der Waals surface area contributed by atoms with Crippen LogP contribution >= 0.6 is 7.82 Å². The van der Waals surface area contributed by atoms with Gasteiger partial charge >= 0.3 is 11.9 Å². The third-order valence-corrected chi connectivity index (χ3v) is 11.3. The summed E-state index contributed by atoms with van der Waals surface area (Å²) >= 11 is 0. The van der Waals surface area contributed by atoms with Crippen LogP contribution in [0.25, 0.3) is 0 Å². The molecule has 63 heavy (non-hydrogen) atoms. The standard InChI is InChI=1S/C50H82NO11P/c1-6-8-10-11-12-13-14-15-16-17-18-19-20-21-22-23-24-25-31-35-50(56)62-44(42-61-63(57,58)60-39-38-51(3,4)5)41-59-49(55)34-30-27-26-29-33-45-46(48(54)40-47(45)53)37-36-43(52)32-28-9-7-2/h8,10,12-13,15-16,18-19,21-22,24-25,36-37,43-47,52-53H,6-7,9,11,14,17,20,23,26-35,38-42H2,1-5H3/b10-8-,13-12-,16-15-,19-18-,22-21-,25-24-,37-36+/t43-,44+,45+,46+,47-/m0/s1. The highest BCUT2D eigenvalue weighted by Gasteiger charge is 2.39. The molecule has 0 spiro atoms. The van der Waals surface area contributed by atoms with Crippen LogP contribution in [0, 0.1) is 11.8 Å². The Labute approximate surface area is 380 Å². The number of aliphatic hydroxyl groups is 2. The number of quaternary nitrogens is 1. The largest absolute Gasteiger partial charge is 0.756 e. The topological polar surface area (TPSA) is 169 Å². The fourth-order valence-electron chi connectivity index (χ4n) is 6.64. The SMILES string of the molecule is CC/C=C\C/C=C\C/C=C\C/C=C\C/C=C\C/C=C\CCC(=O)O[C@H](COC(=O)CCCCCC[C@H]1[C@@H](O)CC(=O)[C@@H]1/C=C/[C@@H](O)CCCCC)COP(=O)([O-])OCC[N+](C)(C)C. The molecule has 1 rings (SSSR count). The second kappa shape index (κ2) is 36.1. The van der Waals surface area contributed by atoms with E-state index in [1.165, 1.54) is 0 Å². The Hall–Kier alpha value is -3.22. The number of rotatable bonds is 37. The van der Waals surface area contributed by atoms with Crippen molar-refractivity contribution in [2.75, 3.05) is 47.5 Å². The number of ether oxygens (including phenoxy) is 2. The minimum absolute atomic E-state index is 0.00280. The van der Waals surface area contributed by atoms with Crippen molar-refractivity contribution in [3.63, 3.8) is 0 Å². The number of allylic oxidation sites excluding steroid dienone is 13. The van der Waals surface area contributed by atoms with Gasteiger partial charge < -0.3 is 38.1 Å². The van der Waals surface area contributed by atoms with Gasteiger partial charge in [-0.2, -0.15) is 0 Å². The predicted molar refractivity (Wildman–Crippen MR) is 250 cm³/mol. The number of nitrogens with zero attached hydrogens (tertiary/aromatic N) is 1. The van der Waals surface area contributed by atoms with Crippen molar-refractivity contribution in [1.29, 1.82) is 0 Å². The minimum atomic E-state index is -4.71. The summed E-state index contributed by atoms with van der Waals surface area (Å²) in [6, 6.07) is 0. The number of aliphatic hydroxyl groups excluding tert-OH is 2. The Morgan fingerprint density at radius 1 is 0.778 bits per heavy atom. The molecule has 1 aliphatic rings. The van der Waals surface area contributed by atoms with Gasteiger partial charge in [0.15, 0.2) is 6.10 Å². The molecule has 1 unspecified atom stereocenters. The zero-order valence-electron chi connectivity index (χ0n) is 39.2. The first-order valence-corrected chi connectivity index (χ1v) is 24.9. The molecule has 0 aromatic heterocycles. The van der Waals surface area contributed by atoms with Crippen molar-refractivity contribution in [3.8, 4) is 0 Å². The quantitative estimate of drug-likeness (QED) is 0.0200. The second-order valence-corrected chi connectivity index (χ2v) is 18.6. The Bertz CT molecular complexity index is 1510. The first-order chi connectivity index (χ1) is 30.2. The fraction of sp³-hybridized carbons (Fsp3) is 0.660. The summed E-state index contributed by atoms with van der Waals surface area (Å²) in [6.07, 6.45) is 39.6. The lowest BCUT2D eigenvalue weighted by atomic mass is 9.88. The van der Waals surface area contributed by atoms with Crippen molar-refractivity contribution in [2.45, 2.75) is 154 Å². The maximum Gasteiger partial charge on any atom is 0.306 e. The first-order valence-electron chi connectivity index (χ1n) is 23.4. The molecule has 13 heteroatoms. The van der Waals surface area contributed by atoms with Crippen LogP contribution in [0.2, 0.25) is 0 Å². The van der Waals surface area contributed by atoms with E-state index >= 15 is 0 Å². The van der Waals surface area contributed by atoms with Gasteiger partial charge in [0.25, 0.3) is 7.82 Å². The van der Waals surface area contributed by atoms with Crippen LogP contribution in [0.4, 0.5) is 0 Å². The molecule has 0 heterocycles. The van der Waals surface area contributed by atoms with Gasteiger partial charge in [-0.3, -0.25) is 18.9 Å². The molecule has 0 saturated heterocycles. The molecule has 0 bridgehead atoms. The van der Waals surface area contributed by atoms with E-state index in [4.69, 9.17) is 18.5 Å². The van der Waals surface area contributed by atoms with Gasteiger partial charge in [0, 0.05) is 25.2 Å². The van der Waals surface area contributed by atoms with Crippen LogP contribution in [-0.2, 0) is 37.5 Å². The van der Waals surface area contributed by atoms with E-state index in [2.05, 4.69) is 74.6 Å². The summed E-state index contributed by atoms with van der Waals surface area (Å²) in [5.74, 6) is -1.69. The van der Waals surface area contributed by atoms with Gasteiger partial charge in [-0.05, 0) is 70.1 Å². The number of Topliss-reactive ketones (excluding diaryl/α,β-unsaturated/α-hetero) is 1. The third kappa shape index (κ3) is 33.0. The van der Waals surface area contributed by atoms with E-state index < -0.39 is 50.6 Å². The number of hydrogen-bond donors (Lipinski definition) is 2. The molecule has 1 saturated carbocycles. The number of esters is 2. The Balaban J connectivity index is 2.51. The third-order valence-electron chi connectivity index (χ3n) is 10.3. The van der Waals surface area contributed by atoms with Gasteiger partial charge in [-0.25, -0.2) is 0 Å². The number of unbranched alkanes of at least 4 members (excludes halogenated alkanes) is 5. The van der Waals surface area contributed by atoms with Crippen LogP contribution in [-0.4, -0.2) is 98.2 Å². The second-order valence-electron chi connectivity index (χ2n) is 17.2. The highest BCUT2D eigenvalue weighted by molar-refractivity contribution is 7.45. The zero-order valence-corrected chi connectivity index (χ0v) is 40.1. The van der Waals surface area contributed by atoms with E-state index in [0.717, 1.165) is 77.0 Å². The van der Waals surface area contributed by atoms with Gasteiger partial charge in [-0.1, -0.05) is 137 Å². The maximum absolute atomic E-state index is 12.7. The monoisotopic (exact) mass is 904 g/mol. The molecular weight excluding hydrogens is 822 g/mol. The highest BCUT2D eigenvalue weighted by Crippen LogP contribution is 2.38. The number of ketones is 1. The van der Waals surface area contributed by atoms with Crippen LogP contribution < -0.4 is 4.89 Å². The van der Waals surface area contributed by atoms with Crippen LogP contribution in [0.1, 0.15) is 136 Å². The molecular formula is C50H82NO11P. The molecule has 6 atom stereocenters. The molecule has 2 N–H and O–H groups in total. The van der Waals surface area contributed by atoms with Crippen molar-refractivity contribution in [3.05, 3.63) is 85.1 Å². The summed E-state index contributed by atoms with van der Waals surface area (Å²) in [6.45, 7) is 3.63. The Morgan fingerprint density at radius 3 is 1.95 bits per heavy atom. The molecule has 0 aromatic carbocycles.